The van der Waals surface area contributed by atoms with Crippen LogP contribution in [-0.4, -0.2) is 0 Å². The van der Waals surface area contributed by atoms with Crippen LogP contribution in [0.2, 0.25) is 0 Å². The van der Waals surface area contributed by atoms with Crippen LogP contribution in [0.15, 0.2) is 110 Å². The van der Waals surface area contributed by atoms with Crippen LogP contribution in [0.4, 0.5) is 0 Å². The molecule has 2 atom stereocenters. The quantitative estimate of drug-likeness (QED) is 0.376. The third-order valence-corrected chi connectivity index (χ3v) is 4.58. The van der Waals surface area contributed by atoms with E-state index in [-0.39, 0.29) is 12.2 Å². The van der Waals surface area contributed by atoms with E-state index in [0.717, 1.165) is 22.3 Å². The van der Waals surface area contributed by atoms with Crippen LogP contribution in [0.5, 0.6) is 0 Å². The van der Waals surface area contributed by atoms with Gasteiger partial charge in [0.15, 0.2) is 0 Å². The molecule has 0 spiro atoms. The van der Waals surface area contributed by atoms with Crippen LogP contribution >= 0.6 is 0 Å². The van der Waals surface area contributed by atoms with Gasteiger partial charge in [-0.1, -0.05) is 97.1 Å². The van der Waals surface area contributed by atoms with E-state index in [2.05, 4.69) is 49.6 Å². The number of hydrogen-bond donors (Lipinski definition) is 0. The third kappa shape index (κ3) is 5.29. The van der Waals surface area contributed by atoms with Gasteiger partial charge in [0.1, 0.15) is 12.2 Å². The molecule has 2 unspecified atom stereocenters. The molecule has 28 heavy (non-hydrogen) atoms. The van der Waals surface area contributed by atoms with Gasteiger partial charge in [-0.3, -0.25) is 0 Å². The van der Waals surface area contributed by atoms with Crippen molar-refractivity contribution in [3.63, 3.8) is 0 Å². The van der Waals surface area contributed by atoms with Gasteiger partial charge in [-0.25, -0.2) is 0 Å². The fraction of sp³-hybridized carbons (Fsp3) is 0.154. The summed E-state index contributed by atoms with van der Waals surface area (Å²) in [5.74, 6) is 0. The van der Waals surface area contributed by atoms with E-state index < -0.39 is 0 Å². The van der Waals surface area contributed by atoms with Gasteiger partial charge in [-0.2, -0.15) is 0 Å². The van der Waals surface area contributed by atoms with E-state index in [1.807, 2.05) is 60.7 Å². The molecule has 0 fully saturated rings. The lowest BCUT2D eigenvalue weighted by Crippen LogP contribution is -2.10. The first kappa shape index (κ1) is 19.8. The van der Waals surface area contributed by atoms with E-state index in [4.69, 9.17) is 9.47 Å². The van der Waals surface area contributed by atoms with Crippen LogP contribution in [0.25, 0.3) is 0 Å². The maximum atomic E-state index is 6.15. The topological polar surface area (TPSA) is 18.5 Å². The maximum Gasteiger partial charge on any atom is 0.101 e. The lowest BCUT2D eigenvalue weighted by Gasteiger charge is -2.22. The highest BCUT2D eigenvalue weighted by molar-refractivity contribution is 5.35. The van der Waals surface area contributed by atoms with Gasteiger partial charge in [0.2, 0.25) is 0 Å². The number of rotatable bonds is 10. The van der Waals surface area contributed by atoms with Crippen molar-refractivity contribution >= 4 is 0 Å². The van der Waals surface area contributed by atoms with E-state index in [1.54, 1.807) is 0 Å². The highest BCUT2D eigenvalue weighted by Gasteiger charge is 2.18. The monoisotopic (exact) mass is 370 g/mol. The van der Waals surface area contributed by atoms with Crippen LogP contribution in [0, 0.1) is 0 Å². The minimum atomic E-state index is -0.223. The Morgan fingerprint density at radius 3 is 1.29 bits per heavy atom. The Bertz CT molecular complexity index is 797. The van der Waals surface area contributed by atoms with E-state index in [0.29, 0.717) is 13.2 Å². The zero-order chi connectivity index (χ0) is 19.6. The predicted molar refractivity (Wildman–Crippen MR) is 115 cm³/mol. The molecule has 0 saturated heterocycles. The van der Waals surface area contributed by atoms with Crippen molar-refractivity contribution in [1.82, 2.24) is 0 Å². The van der Waals surface area contributed by atoms with Crippen molar-refractivity contribution in [2.75, 3.05) is 0 Å². The first-order valence-corrected chi connectivity index (χ1v) is 9.47. The zero-order valence-electron chi connectivity index (χ0n) is 16.0. The van der Waals surface area contributed by atoms with E-state index in [9.17, 15) is 0 Å². The fourth-order valence-electron chi connectivity index (χ4n) is 3.12. The Hall–Kier alpha value is -2.94. The maximum absolute atomic E-state index is 6.15. The third-order valence-electron chi connectivity index (χ3n) is 4.58. The fourth-order valence-corrected chi connectivity index (χ4v) is 3.12. The molecule has 142 valence electrons. The van der Waals surface area contributed by atoms with Gasteiger partial charge in [0, 0.05) is 0 Å². The van der Waals surface area contributed by atoms with Crippen LogP contribution in [0.1, 0.15) is 34.5 Å². The Morgan fingerprint density at radius 2 is 0.929 bits per heavy atom. The van der Waals surface area contributed by atoms with Crippen molar-refractivity contribution in [3.8, 4) is 0 Å². The number of benzene rings is 3. The summed E-state index contributed by atoms with van der Waals surface area (Å²) in [5.41, 5.74) is 4.36. The number of ether oxygens (including phenoxy) is 2. The molecule has 3 aromatic carbocycles. The predicted octanol–water partition coefficient (Wildman–Crippen LogP) is 6.57. The molecule has 0 radical (unpaired) electrons. The molecule has 3 aromatic rings. The summed E-state index contributed by atoms with van der Waals surface area (Å²) in [4.78, 5) is 0. The minimum absolute atomic E-state index is 0.223. The summed E-state index contributed by atoms with van der Waals surface area (Å²) < 4.78 is 12.3. The normalized spacial score (nSPS) is 12.9. The zero-order valence-corrected chi connectivity index (χ0v) is 16.0. The first-order chi connectivity index (χ1) is 13.8. The summed E-state index contributed by atoms with van der Waals surface area (Å²) in [6.45, 7) is 9.00. The van der Waals surface area contributed by atoms with Crippen molar-refractivity contribution in [1.29, 1.82) is 0 Å². The molecule has 0 aromatic heterocycles. The molecule has 0 N–H and O–H groups in total. The molecule has 0 aliphatic heterocycles. The second-order valence-corrected chi connectivity index (χ2v) is 6.53. The minimum Gasteiger partial charge on any atom is -0.365 e. The smallest absolute Gasteiger partial charge is 0.101 e. The summed E-state index contributed by atoms with van der Waals surface area (Å²) in [6, 6.07) is 28.4. The average molecular weight is 370 g/mol. The van der Waals surface area contributed by atoms with Crippen LogP contribution in [-0.2, 0) is 22.7 Å². The summed E-state index contributed by atoms with van der Waals surface area (Å²) in [5, 5.41) is 0. The molecule has 0 amide bonds. The molecule has 3 rings (SSSR count). The highest BCUT2D eigenvalue weighted by Crippen LogP contribution is 2.31. The van der Waals surface area contributed by atoms with Crippen molar-refractivity contribution in [3.05, 3.63) is 132 Å². The molecule has 0 aliphatic carbocycles. The van der Waals surface area contributed by atoms with Gasteiger partial charge in [0.25, 0.3) is 0 Å². The molecule has 0 bridgehead atoms. The largest absolute Gasteiger partial charge is 0.365 e. The van der Waals surface area contributed by atoms with Gasteiger partial charge in [0.05, 0.1) is 13.2 Å². The Balaban J connectivity index is 1.75. The second-order valence-electron chi connectivity index (χ2n) is 6.53. The Morgan fingerprint density at radius 1 is 0.571 bits per heavy atom. The molecule has 0 heterocycles. The molecule has 2 nitrogen and oxygen atoms in total. The van der Waals surface area contributed by atoms with Crippen LogP contribution < -0.4 is 0 Å². The van der Waals surface area contributed by atoms with E-state index in [1.165, 1.54) is 0 Å². The van der Waals surface area contributed by atoms with Crippen molar-refractivity contribution in [2.24, 2.45) is 0 Å². The van der Waals surface area contributed by atoms with Crippen molar-refractivity contribution in [2.45, 2.75) is 25.4 Å². The summed E-state index contributed by atoms with van der Waals surface area (Å²) in [7, 11) is 0. The van der Waals surface area contributed by atoms with E-state index >= 15 is 0 Å². The Kier molecular flexibility index (Phi) is 7.36. The van der Waals surface area contributed by atoms with Gasteiger partial charge >= 0.3 is 0 Å². The molecular formula is C26H26O2. The lowest BCUT2D eigenvalue weighted by molar-refractivity contribution is 0.0570. The SMILES string of the molecule is C=CC(OCc1ccccc1)c1ccccc1C(C=C)OCc1ccccc1. The van der Waals surface area contributed by atoms with Gasteiger partial charge in [-0.05, 0) is 22.3 Å². The molecule has 0 saturated carbocycles. The highest BCUT2D eigenvalue weighted by atomic mass is 16.5. The summed E-state index contributed by atoms with van der Waals surface area (Å²) in [6.07, 6.45) is 3.22. The average Bonchev–Trinajstić information content (AvgIpc) is 2.77. The standard InChI is InChI=1S/C26H26O2/c1-3-25(27-19-21-13-7-5-8-14-21)23-17-11-12-18-24(23)26(4-2)28-20-22-15-9-6-10-16-22/h3-18,25-26H,1-2,19-20H2. The van der Waals surface area contributed by atoms with Gasteiger partial charge in [-0.15, -0.1) is 13.2 Å². The first-order valence-electron chi connectivity index (χ1n) is 9.47. The Labute approximate surface area is 167 Å². The lowest BCUT2D eigenvalue weighted by atomic mass is 9.97. The molecule has 0 aliphatic rings. The second kappa shape index (κ2) is 10.4. The summed E-state index contributed by atoms with van der Waals surface area (Å²) >= 11 is 0. The molecule has 2 heteroatoms. The number of hydrogen-bond acceptors (Lipinski definition) is 2. The van der Waals surface area contributed by atoms with Crippen LogP contribution in [0.3, 0.4) is 0 Å². The van der Waals surface area contributed by atoms with Gasteiger partial charge < -0.3 is 9.47 Å². The van der Waals surface area contributed by atoms with Crippen molar-refractivity contribution < 1.29 is 9.47 Å². The molecular weight excluding hydrogens is 344 g/mol.